The summed E-state index contributed by atoms with van der Waals surface area (Å²) in [6.45, 7) is 1.42. The molecule has 1 N–H and O–H groups in total. The predicted octanol–water partition coefficient (Wildman–Crippen LogP) is 1.86. The number of fused-ring (bicyclic) bond motifs is 1. The van der Waals surface area contributed by atoms with E-state index in [0.29, 0.717) is 12.8 Å². The number of nitrogens with zero attached hydrogens (tertiary/aromatic N) is 3. The van der Waals surface area contributed by atoms with Crippen molar-refractivity contribution in [3.63, 3.8) is 0 Å². The second-order valence-corrected chi connectivity index (χ2v) is 5.92. The van der Waals surface area contributed by atoms with E-state index in [-0.39, 0.29) is 24.1 Å². The van der Waals surface area contributed by atoms with Crippen molar-refractivity contribution in [3.05, 3.63) is 18.1 Å². The fourth-order valence-corrected chi connectivity index (χ4v) is 3.53. The zero-order valence-corrected chi connectivity index (χ0v) is 12.0. The topological polar surface area (TPSA) is 58.5 Å². The first kappa shape index (κ1) is 15.5. The molecule has 2 fully saturated rings. The van der Waals surface area contributed by atoms with E-state index >= 15 is 0 Å². The molecular formula is C14H18F3N3O2. The number of rotatable bonds is 4. The van der Waals surface area contributed by atoms with E-state index in [4.69, 9.17) is 4.74 Å². The summed E-state index contributed by atoms with van der Waals surface area (Å²) in [5, 5.41) is 9.63. The number of hydrogen-bond acceptors (Lipinski definition) is 5. The molecule has 0 saturated carbocycles. The minimum Gasteiger partial charge on any atom is -0.475 e. The highest BCUT2D eigenvalue weighted by molar-refractivity contribution is 5.10. The van der Waals surface area contributed by atoms with E-state index in [0.717, 1.165) is 38.4 Å². The van der Waals surface area contributed by atoms with Crippen LogP contribution in [0.25, 0.3) is 0 Å². The van der Waals surface area contributed by atoms with Gasteiger partial charge in [-0.15, -0.1) is 0 Å². The van der Waals surface area contributed by atoms with Crippen molar-refractivity contribution in [1.29, 1.82) is 0 Å². The van der Waals surface area contributed by atoms with Crippen molar-refractivity contribution >= 4 is 0 Å². The van der Waals surface area contributed by atoms with Crippen LogP contribution in [0.5, 0.6) is 5.88 Å². The molecule has 3 rings (SSSR count). The minimum atomic E-state index is -4.49. The van der Waals surface area contributed by atoms with Gasteiger partial charge in [-0.05, 0) is 32.2 Å². The van der Waals surface area contributed by atoms with Crippen LogP contribution in [0, 0.1) is 0 Å². The molecule has 3 heterocycles. The summed E-state index contributed by atoms with van der Waals surface area (Å²) in [5.74, 6) is 0.0914. The van der Waals surface area contributed by atoms with Crippen LogP contribution in [0.4, 0.5) is 13.2 Å². The number of halogens is 3. The Kier molecular flexibility index (Phi) is 3.98. The molecule has 8 heteroatoms. The molecule has 5 nitrogen and oxygen atoms in total. The van der Waals surface area contributed by atoms with Gasteiger partial charge in [-0.25, -0.2) is 9.97 Å². The maximum absolute atomic E-state index is 12.4. The van der Waals surface area contributed by atoms with Crippen LogP contribution < -0.4 is 4.74 Å². The molecule has 1 aromatic heterocycles. The Morgan fingerprint density at radius 2 is 2.14 bits per heavy atom. The molecule has 2 atom stereocenters. The molecule has 0 bridgehead atoms. The van der Waals surface area contributed by atoms with Gasteiger partial charge in [0.15, 0.2) is 5.69 Å². The number of ether oxygens (including phenoxy) is 1. The highest BCUT2D eigenvalue weighted by Crippen LogP contribution is 2.42. The quantitative estimate of drug-likeness (QED) is 0.918. The summed E-state index contributed by atoms with van der Waals surface area (Å²) >= 11 is 0. The molecule has 0 spiro atoms. The molecule has 0 unspecified atom stereocenters. The SMILES string of the molecule is OC[C@@]12CCCN1[C@H](COc1cnc(C(F)(F)F)cn1)CC2. The monoisotopic (exact) mass is 317 g/mol. The predicted molar refractivity (Wildman–Crippen MR) is 71.3 cm³/mol. The Morgan fingerprint density at radius 1 is 1.32 bits per heavy atom. The number of aromatic nitrogens is 2. The van der Waals surface area contributed by atoms with Crippen LogP contribution in [0.1, 0.15) is 31.4 Å². The van der Waals surface area contributed by atoms with Crippen molar-refractivity contribution in [2.75, 3.05) is 19.8 Å². The van der Waals surface area contributed by atoms with Gasteiger partial charge < -0.3 is 9.84 Å². The van der Waals surface area contributed by atoms with Crippen LogP contribution in [0.3, 0.4) is 0 Å². The third-order valence-corrected chi connectivity index (χ3v) is 4.67. The third kappa shape index (κ3) is 2.77. The average Bonchev–Trinajstić information content (AvgIpc) is 3.04. The maximum Gasteiger partial charge on any atom is 0.434 e. The standard InChI is InChI=1S/C14H18F3N3O2/c15-14(16,17)11-6-19-12(7-18-11)22-8-10-2-4-13(9-21)3-1-5-20(10)13/h6-7,10,21H,1-5,8-9H2/t10-,13-/m0/s1. The lowest BCUT2D eigenvalue weighted by Gasteiger charge is -2.33. The molecular weight excluding hydrogens is 299 g/mol. The van der Waals surface area contributed by atoms with E-state index in [9.17, 15) is 18.3 Å². The first-order chi connectivity index (χ1) is 10.4. The summed E-state index contributed by atoms with van der Waals surface area (Å²) in [7, 11) is 0. The van der Waals surface area contributed by atoms with Gasteiger partial charge in [0.1, 0.15) is 6.61 Å². The van der Waals surface area contributed by atoms with Gasteiger partial charge in [-0.1, -0.05) is 0 Å². The fraction of sp³-hybridized carbons (Fsp3) is 0.714. The zero-order chi connectivity index (χ0) is 15.8. The second-order valence-electron chi connectivity index (χ2n) is 5.92. The van der Waals surface area contributed by atoms with E-state index in [2.05, 4.69) is 14.9 Å². The Morgan fingerprint density at radius 3 is 2.77 bits per heavy atom. The highest BCUT2D eigenvalue weighted by Gasteiger charge is 2.48. The van der Waals surface area contributed by atoms with E-state index in [1.165, 1.54) is 0 Å². The summed E-state index contributed by atoms with van der Waals surface area (Å²) in [6.07, 6.45) is 1.06. The van der Waals surface area contributed by atoms with Gasteiger partial charge in [0.05, 0.1) is 19.0 Å². The Balaban J connectivity index is 1.59. The molecule has 0 radical (unpaired) electrons. The maximum atomic E-state index is 12.4. The lowest BCUT2D eigenvalue weighted by atomic mass is 9.95. The van der Waals surface area contributed by atoms with Gasteiger partial charge in [-0.2, -0.15) is 13.2 Å². The van der Waals surface area contributed by atoms with Crippen LogP contribution in [-0.2, 0) is 6.18 Å². The molecule has 2 aliphatic rings. The smallest absolute Gasteiger partial charge is 0.434 e. The first-order valence-corrected chi connectivity index (χ1v) is 7.34. The van der Waals surface area contributed by atoms with Crippen LogP contribution >= 0.6 is 0 Å². The van der Waals surface area contributed by atoms with Gasteiger partial charge in [0.2, 0.25) is 5.88 Å². The van der Waals surface area contributed by atoms with Crippen molar-refractivity contribution < 1.29 is 23.0 Å². The molecule has 122 valence electrons. The summed E-state index contributed by atoms with van der Waals surface area (Å²) in [4.78, 5) is 9.25. The van der Waals surface area contributed by atoms with Crippen molar-refractivity contribution in [2.45, 2.75) is 43.4 Å². The highest BCUT2D eigenvalue weighted by atomic mass is 19.4. The Hall–Kier alpha value is -1.41. The Labute approximate surface area is 126 Å². The summed E-state index contributed by atoms with van der Waals surface area (Å²) < 4.78 is 42.7. The largest absolute Gasteiger partial charge is 0.475 e. The van der Waals surface area contributed by atoms with E-state index < -0.39 is 11.9 Å². The molecule has 22 heavy (non-hydrogen) atoms. The van der Waals surface area contributed by atoms with Gasteiger partial charge >= 0.3 is 6.18 Å². The van der Waals surface area contributed by atoms with E-state index in [1.807, 2.05) is 0 Å². The van der Waals surface area contributed by atoms with E-state index in [1.54, 1.807) is 0 Å². The lowest BCUT2D eigenvalue weighted by molar-refractivity contribution is -0.141. The van der Waals surface area contributed by atoms with Crippen molar-refractivity contribution in [3.8, 4) is 5.88 Å². The number of hydrogen-bond donors (Lipinski definition) is 1. The van der Waals surface area contributed by atoms with Crippen molar-refractivity contribution in [1.82, 2.24) is 14.9 Å². The normalized spacial score (nSPS) is 28.8. The van der Waals surface area contributed by atoms with Gasteiger partial charge in [0, 0.05) is 11.6 Å². The number of aliphatic hydroxyl groups is 1. The number of alkyl halides is 3. The average molecular weight is 317 g/mol. The molecule has 0 aromatic carbocycles. The van der Waals surface area contributed by atoms with Gasteiger partial charge in [0.25, 0.3) is 0 Å². The second kappa shape index (κ2) is 5.66. The lowest BCUT2D eigenvalue weighted by Crippen LogP contribution is -2.46. The molecule has 1 aromatic rings. The molecule has 0 amide bonds. The summed E-state index contributed by atoms with van der Waals surface area (Å²) in [6, 6.07) is 0.166. The van der Waals surface area contributed by atoms with Crippen LogP contribution in [-0.4, -0.2) is 51.3 Å². The molecule has 0 aliphatic carbocycles. The molecule has 2 saturated heterocycles. The first-order valence-electron chi connectivity index (χ1n) is 7.34. The van der Waals surface area contributed by atoms with Crippen molar-refractivity contribution in [2.24, 2.45) is 0 Å². The number of aliphatic hydroxyl groups excluding tert-OH is 1. The third-order valence-electron chi connectivity index (χ3n) is 4.67. The van der Waals surface area contributed by atoms with Crippen LogP contribution in [0.15, 0.2) is 12.4 Å². The summed E-state index contributed by atoms with van der Waals surface area (Å²) in [5.41, 5.74) is -1.15. The van der Waals surface area contributed by atoms with Crippen LogP contribution in [0.2, 0.25) is 0 Å². The fourth-order valence-electron chi connectivity index (χ4n) is 3.53. The Bertz CT molecular complexity index is 523. The van der Waals surface area contributed by atoms with Gasteiger partial charge in [-0.3, -0.25) is 4.90 Å². The zero-order valence-electron chi connectivity index (χ0n) is 12.0. The molecule has 2 aliphatic heterocycles. The minimum absolute atomic E-state index is 0.0914.